The summed E-state index contributed by atoms with van der Waals surface area (Å²) in [5, 5.41) is 0. The zero-order valence-electron chi connectivity index (χ0n) is 9.07. The van der Waals surface area contributed by atoms with Crippen molar-refractivity contribution in [1.29, 1.82) is 0 Å². The van der Waals surface area contributed by atoms with Gasteiger partial charge in [0.2, 0.25) is 5.91 Å². The number of primary amides is 1. The molecule has 2 rings (SSSR count). The van der Waals surface area contributed by atoms with Crippen molar-refractivity contribution in [3.05, 3.63) is 29.3 Å². The quantitative estimate of drug-likeness (QED) is 0.791. The highest BCUT2D eigenvalue weighted by Gasteiger charge is 2.40. The fourth-order valence-corrected chi connectivity index (χ4v) is 1.79. The molecule has 0 spiro atoms. The van der Waals surface area contributed by atoms with E-state index in [-0.39, 0.29) is 13.0 Å². The summed E-state index contributed by atoms with van der Waals surface area (Å²) in [4.78, 5) is 34.5. The van der Waals surface area contributed by atoms with Crippen molar-refractivity contribution in [2.45, 2.75) is 6.42 Å². The van der Waals surface area contributed by atoms with Crippen LogP contribution in [-0.4, -0.2) is 24.1 Å². The van der Waals surface area contributed by atoms with E-state index < -0.39 is 40.5 Å². The zero-order chi connectivity index (χ0) is 13.4. The minimum absolute atomic E-state index is 0.242. The first-order valence-corrected chi connectivity index (χ1v) is 5.06. The Kier molecular flexibility index (Phi) is 2.82. The largest absolute Gasteiger partial charge is 0.370 e. The molecule has 0 fully saturated rings. The van der Waals surface area contributed by atoms with Gasteiger partial charge in [0.05, 0.1) is 11.3 Å². The Balaban J connectivity index is 2.48. The number of carbonyl (C=O) groups excluding carboxylic acids is 3. The summed E-state index contributed by atoms with van der Waals surface area (Å²) in [5.41, 5.74) is 3.89. The number of nitrogens with zero attached hydrogens (tertiary/aromatic N) is 1. The Morgan fingerprint density at radius 2 is 1.83 bits per heavy atom. The smallest absolute Gasteiger partial charge is 0.299 e. The molecule has 0 aromatic heterocycles. The van der Waals surface area contributed by atoms with Gasteiger partial charge in [-0.05, 0) is 12.1 Å². The van der Waals surface area contributed by atoms with E-state index >= 15 is 0 Å². The molecule has 1 aliphatic heterocycles. The highest BCUT2D eigenvalue weighted by molar-refractivity contribution is 6.52. The van der Waals surface area contributed by atoms with Gasteiger partial charge < -0.3 is 10.6 Å². The molecule has 7 heteroatoms. The molecule has 1 aliphatic rings. The van der Waals surface area contributed by atoms with Crippen LogP contribution in [0.5, 0.6) is 0 Å². The standard InChI is InChI=1S/C11H8F2N2O3/c12-5-1-2-6(13)9-8(5)10(17)11(18)15(9)4-3-7(14)16/h1-2H,3-4H2,(H2,14,16). The van der Waals surface area contributed by atoms with Gasteiger partial charge in [-0.1, -0.05) is 0 Å². The van der Waals surface area contributed by atoms with Crippen molar-refractivity contribution in [3.8, 4) is 0 Å². The predicted octanol–water partition coefficient (Wildman–Crippen LogP) is 0.369. The molecule has 94 valence electrons. The van der Waals surface area contributed by atoms with Gasteiger partial charge in [0.1, 0.15) is 11.6 Å². The van der Waals surface area contributed by atoms with Gasteiger partial charge in [0.25, 0.3) is 11.7 Å². The Morgan fingerprint density at radius 1 is 1.22 bits per heavy atom. The van der Waals surface area contributed by atoms with E-state index in [1.165, 1.54) is 0 Å². The maximum absolute atomic E-state index is 13.6. The molecule has 1 heterocycles. The minimum Gasteiger partial charge on any atom is -0.370 e. The number of halogens is 2. The Hall–Kier alpha value is -2.31. The third-order valence-corrected chi connectivity index (χ3v) is 2.60. The molecular weight excluding hydrogens is 246 g/mol. The molecule has 1 aromatic carbocycles. The van der Waals surface area contributed by atoms with E-state index in [9.17, 15) is 23.2 Å². The number of benzene rings is 1. The lowest BCUT2D eigenvalue weighted by molar-refractivity contribution is -0.118. The predicted molar refractivity (Wildman–Crippen MR) is 56.9 cm³/mol. The molecule has 0 unspecified atom stereocenters. The SMILES string of the molecule is NC(=O)CCN1C(=O)C(=O)c2c(F)ccc(F)c21. The molecule has 2 amide bonds. The number of hydrogen-bond donors (Lipinski definition) is 1. The fraction of sp³-hybridized carbons (Fsp3) is 0.182. The first kappa shape index (κ1) is 12.2. The van der Waals surface area contributed by atoms with Gasteiger partial charge in [0.15, 0.2) is 0 Å². The minimum atomic E-state index is -1.12. The molecule has 0 bridgehead atoms. The number of hydrogen-bond acceptors (Lipinski definition) is 3. The van der Waals surface area contributed by atoms with Gasteiger partial charge in [0, 0.05) is 13.0 Å². The molecule has 0 atom stereocenters. The van der Waals surface area contributed by atoms with Crippen molar-refractivity contribution < 1.29 is 23.2 Å². The normalized spacial score (nSPS) is 14.0. The summed E-state index contributed by atoms with van der Waals surface area (Å²) in [6, 6.07) is 1.59. The van der Waals surface area contributed by atoms with Crippen LogP contribution >= 0.6 is 0 Å². The maximum Gasteiger partial charge on any atom is 0.299 e. The van der Waals surface area contributed by atoms with Gasteiger partial charge in [-0.3, -0.25) is 14.4 Å². The van der Waals surface area contributed by atoms with E-state index in [2.05, 4.69) is 0 Å². The van der Waals surface area contributed by atoms with Crippen LogP contribution in [0, 0.1) is 11.6 Å². The Labute approximate surface area is 100 Å². The second-order valence-corrected chi connectivity index (χ2v) is 3.76. The molecule has 5 nitrogen and oxygen atoms in total. The molecule has 2 N–H and O–H groups in total. The number of nitrogens with two attached hydrogens (primary N) is 1. The van der Waals surface area contributed by atoms with Gasteiger partial charge >= 0.3 is 0 Å². The Morgan fingerprint density at radius 3 is 2.44 bits per heavy atom. The van der Waals surface area contributed by atoms with Gasteiger partial charge in [-0.2, -0.15) is 0 Å². The second-order valence-electron chi connectivity index (χ2n) is 3.76. The summed E-state index contributed by atoms with van der Waals surface area (Å²) in [6.07, 6.45) is -0.242. The molecule has 0 radical (unpaired) electrons. The third-order valence-electron chi connectivity index (χ3n) is 2.60. The number of anilines is 1. The second kappa shape index (κ2) is 4.17. The molecule has 0 saturated carbocycles. The monoisotopic (exact) mass is 254 g/mol. The van der Waals surface area contributed by atoms with Crippen LogP contribution in [0.4, 0.5) is 14.5 Å². The first-order chi connectivity index (χ1) is 8.43. The molecule has 0 saturated heterocycles. The van der Waals surface area contributed by atoms with Crippen molar-refractivity contribution in [2.24, 2.45) is 5.73 Å². The fourth-order valence-electron chi connectivity index (χ4n) is 1.79. The van der Waals surface area contributed by atoms with Crippen molar-refractivity contribution >= 4 is 23.3 Å². The topological polar surface area (TPSA) is 80.5 Å². The van der Waals surface area contributed by atoms with Crippen LogP contribution in [0.15, 0.2) is 12.1 Å². The number of fused-ring (bicyclic) bond motifs is 1. The zero-order valence-corrected chi connectivity index (χ0v) is 9.07. The van der Waals surface area contributed by atoms with Crippen LogP contribution in [0.2, 0.25) is 0 Å². The molecular formula is C11H8F2N2O3. The number of rotatable bonds is 3. The molecule has 1 aromatic rings. The van der Waals surface area contributed by atoms with Gasteiger partial charge in [-0.15, -0.1) is 0 Å². The van der Waals surface area contributed by atoms with Crippen LogP contribution in [0.1, 0.15) is 16.8 Å². The van der Waals surface area contributed by atoms with Crippen LogP contribution in [0.25, 0.3) is 0 Å². The lowest BCUT2D eigenvalue weighted by atomic mass is 10.1. The van der Waals surface area contributed by atoms with Crippen LogP contribution in [-0.2, 0) is 9.59 Å². The van der Waals surface area contributed by atoms with E-state index in [4.69, 9.17) is 5.73 Å². The lowest BCUT2D eigenvalue weighted by Crippen LogP contribution is -2.33. The number of Topliss-reactive ketones (excluding diaryl/α,β-unsaturated/α-hetero) is 1. The average Bonchev–Trinajstić information content (AvgIpc) is 2.56. The lowest BCUT2D eigenvalue weighted by Gasteiger charge is -2.15. The summed E-state index contributed by atoms with van der Waals surface area (Å²) >= 11 is 0. The first-order valence-electron chi connectivity index (χ1n) is 5.06. The van der Waals surface area contributed by atoms with E-state index in [0.717, 1.165) is 17.0 Å². The van der Waals surface area contributed by atoms with Crippen molar-refractivity contribution in [3.63, 3.8) is 0 Å². The maximum atomic E-state index is 13.6. The summed E-state index contributed by atoms with van der Waals surface area (Å²) in [5.74, 6) is -4.75. The number of carbonyl (C=O) groups is 3. The molecule has 18 heavy (non-hydrogen) atoms. The summed E-state index contributed by atoms with van der Waals surface area (Å²) < 4.78 is 27.0. The number of amides is 2. The highest BCUT2D eigenvalue weighted by Crippen LogP contribution is 2.33. The third kappa shape index (κ3) is 1.73. The van der Waals surface area contributed by atoms with E-state index in [0.29, 0.717) is 0 Å². The highest BCUT2D eigenvalue weighted by atomic mass is 19.1. The average molecular weight is 254 g/mol. The summed E-state index contributed by atoms with van der Waals surface area (Å²) in [6.45, 7) is -0.257. The van der Waals surface area contributed by atoms with Crippen LogP contribution < -0.4 is 10.6 Å². The number of ketones is 1. The molecule has 0 aliphatic carbocycles. The van der Waals surface area contributed by atoms with Crippen LogP contribution in [0.3, 0.4) is 0 Å². The van der Waals surface area contributed by atoms with Crippen molar-refractivity contribution in [2.75, 3.05) is 11.4 Å². The van der Waals surface area contributed by atoms with Crippen molar-refractivity contribution in [1.82, 2.24) is 0 Å². The Bertz CT molecular complexity index is 572. The summed E-state index contributed by atoms with van der Waals surface area (Å²) in [7, 11) is 0. The van der Waals surface area contributed by atoms with E-state index in [1.54, 1.807) is 0 Å². The van der Waals surface area contributed by atoms with E-state index in [1.807, 2.05) is 0 Å². The van der Waals surface area contributed by atoms with Gasteiger partial charge in [-0.25, -0.2) is 8.78 Å².